The molecule has 0 spiro atoms. The number of nitrogens with one attached hydrogen (secondary N) is 1. The van der Waals surface area contributed by atoms with E-state index in [9.17, 15) is 4.79 Å². The first-order chi connectivity index (χ1) is 8.25. The van der Waals surface area contributed by atoms with Crippen LogP contribution in [0, 0.1) is 0 Å². The number of halogens is 1. The minimum Gasteiger partial charge on any atom is -0.266 e. The van der Waals surface area contributed by atoms with Crippen LogP contribution in [0.2, 0.25) is 0 Å². The van der Waals surface area contributed by atoms with E-state index in [0.717, 1.165) is 22.3 Å². The highest BCUT2D eigenvalue weighted by Crippen LogP contribution is 2.22. The zero-order valence-electron chi connectivity index (χ0n) is 9.54. The third-order valence-electron chi connectivity index (χ3n) is 2.79. The van der Waals surface area contributed by atoms with Crippen molar-refractivity contribution in [3.63, 3.8) is 0 Å². The quantitative estimate of drug-likeness (QED) is 0.651. The first kappa shape index (κ1) is 12.8. The summed E-state index contributed by atoms with van der Waals surface area (Å²) in [5.41, 5.74) is 3.78. The molecule has 1 N–H and O–H groups in total. The summed E-state index contributed by atoms with van der Waals surface area (Å²) >= 11 is 4.76. The molecule has 1 heterocycles. The zero-order valence-corrected chi connectivity index (χ0v) is 11.9. The van der Waals surface area contributed by atoms with Gasteiger partial charge in [0.15, 0.2) is 0 Å². The molecule has 1 fully saturated rings. The lowest BCUT2D eigenvalue weighted by molar-refractivity contribution is 0.0958. The summed E-state index contributed by atoms with van der Waals surface area (Å²) in [4.78, 5) is 12.4. The first-order valence-corrected chi connectivity index (χ1v) is 7.48. The molecule has 1 amide bonds. The van der Waals surface area contributed by atoms with Gasteiger partial charge in [0.1, 0.15) is 0 Å². The Bertz CT molecular complexity index is 418. The fourth-order valence-corrected chi connectivity index (χ4v) is 3.15. The van der Waals surface area contributed by atoms with Crippen LogP contribution in [0.5, 0.6) is 0 Å². The molecule has 0 atom stereocenters. The molecule has 0 bridgehead atoms. The molecular formula is C12H15BrN2OS. The molecule has 3 nitrogen and oxygen atoms in total. The number of hydrogen-bond donors (Lipinski definition) is 1. The zero-order chi connectivity index (χ0) is 12.1. The largest absolute Gasteiger partial charge is 0.281 e. The van der Waals surface area contributed by atoms with Gasteiger partial charge in [0.05, 0.1) is 8.66 Å². The van der Waals surface area contributed by atoms with Crippen LogP contribution in [-0.4, -0.2) is 11.6 Å². The molecule has 1 aliphatic rings. The number of hydrogen-bond acceptors (Lipinski definition) is 3. The Morgan fingerprint density at radius 3 is 2.53 bits per heavy atom. The highest BCUT2D eigenvalue weighted by Gasteiger charge is 2.09. The molecule has 1 saturated carbocycles. The van der Waals surface area contributed by atoms with E-state index in [1.165, 1.54) is 37.0 Å². The van der Waals surface area contributed by atoms with Crippen molar-refractivity contribution < 1.29 is 4.79 Å². The Kier molecular flexibility index (Phi) is 4.74. The minimum atomic E-state index is -0.113. The number of nitrogens with zero attached hydrogens (tertiary/aromatic N) is 1. The highest BCUT2D eigenvalue weighted by molar-refractivity contribution is 9.11. The molecule has 1 aromatic rings. The van der Waals surface area contributed by atoms with Crippen molar-refractivity contribution in [3.05, 3.63) is 20.8 Å². The summed E-state index contributed by atoms with van der Waals surface area (Å²) in [5, 5.41) is 4.24. The van der Waals surface area contributed by atoms with Crippen LogP contribution in [0.3, 0.4) is 0 Å². The third kappa shape index (κ3) is 3.92. The number of carbonyl (C=O) groups excluding carboxylic acids is 1. The fraction of sp³-hybridized carbons (Fsp3) is 0.500. The molecule has 5 heteroatoms. The van der Waals surface area contributed by atoms with Gasteiger partial charge in [-0.25, -0.2) is 5.43 Å². The summed E-state index contributed by atoms with van der Waals surface area (Å²) in [6.07, 6.45) is 7.00. The van der Waals surface area contributed by atoms with Crippen LogP contribution in [0.4, 0.5) is 0 Å². The summed E-state index contributed by atoms with van der Waals surface area (Å²) in [6, 6.07) is 3.68. The number of carbonyl (C=O) groups is 1. The Hall–Kier alpha value is -0.680. The topological polar surface area (TPSA) is 41.5 Å². The van der Waals surface area contributed by atoms with Crippen molar-refractivity contribution >= 4 is 38.9 Å². The van der Waals surface area contributed by atoms with Crippen LogP contribution in [0.1, 0.15) is 48.2 Å². The van der Waals surface area contributed by atoms with E-state index < -0.39 is 0 Å². The summed E-state index contributed by atoms with van der Waals surface area (Å²) in [6.45, 7) is 0. The Morgan fingerprint density at radius 1 is 1.24 bits per heavy atom. The van der Waals surface area contributed by atoms with Crippen LogP contribution in [0.25, 0.3) is 0 Å². The molecule has 92 valence electrons. The van der Waals surface area contributed by atoms with Crippen LogP contribution in [-0.2, 0) is 0 Å². The van der Waals surface area contributed by atoms with Gasteiger partial charge in [-0.05, 0) is 53.7 Å². The average Bonchev–Trinajstić information content (AvgIpc) is 2.61. The van der Waals surface area contributed by atoms with Crippen LogP contribution < -0.4 is 5.43 Å². The Balaban J connectivity index is 1.92. The molecule has 0 radical (unpaired) electrons. The number of hydrazone groups is 1. The molecule has 0 unspecified atom stereocenters. The van der Waals surface area contributed by atoms with Crippen molar-refractivity contribution in [2.24, 2.45) is 5.10 Å². The second kappa shape index (κ2) is 6.31. The highest BCUT2D eigenvalue weighted by atomic mass is 79.9. The maximum absolute atomic E-state index is 11.8. The second-order valence-corrected chi connectivity index (χ2v) is 6.60. The lowest BCUT2D eigenvalue weighted by Crippen LogP contribution is -2.18. The summed E-state index contributed by atoms with van der Waals surface area (Å²) in [5.74, 6) is -0.113. The van der Waals surface area contributed by atoms with Gasteiger partial charge in [0.25, 0.3) is 5.91 Å². The molecule has 2 rings (SSSR count). The maximum Gasteiger partial charge on any atom is 0.281 e. The van der Waals surface area contributed by atoms with Gasteiger partial charge in [-0.15, -0.1) is 11.3 Å². The van der Waals surface area contributed by atoms with E-state index >= 15 is 0 Å². The lowest BCUT2D eigenvalue weighted by Gasteiger charge is -2.02. The van der Waals surface area contributed by atoms with Crippen molar-refractivity contribution in [2.75, 3.05) is 0 Å². The van der Waals surface area contributed by atoms with Gasteiger partial charge in [0.2, 0.25) is 0 Å². The van der Waals surface area contributed by atoms with E-state index in [-0.39, 0.29) is 5.91 Å². The maximum atomic E-state index is 11.8. The van der Waals surface area contributed by atoms with Crippen molar-refractivity contribution in [2.45, 2.75) is 38.5 Å². The van der Waals surface area contributed by atoms with Crippen LogP contribution >= 0.6 is 27.3 Å². The Labute approximate surface area is 113 Å². The molecular weight excluding hydrogens is 300 g/mol. The number of rotatable bonds is 2. The third-order valence-corrected chi connectivity index (χ3v) is 4.42. The molecule has 1 aromatic heterocycles. The SMILES string of the molecule is O=C(NN=C1CCCCCC1)c1ccc(Br)s1. The van der Waals surface area contributed by atoms with E-state index in [1.807, 2.05) is 6.07 Å². The van der Waals surface area contributed by atoms with E-state index in [2.05, 4.69) is 26.5 Å². The fourth-order valence-electron chi connectivity index (χ4n) is 1.87. The first-order valence-electron chi connectivity index (χ1n) is 5.87. The van der Waals surface area contributed by atoms with Gasteiger partial charge in [-0.2, -0.15) is 5.10 Å². The van der Waals surface area contributed by atoms with Gasteiger partial charge in [0, 0.05) is 5.71 Å². The molecule has 17 heavy (non-hydrogen) atoms. The van der Waals surface area contributed by atoms with Crippen molar-refractivity contribution in [3.8, 4) is 0 Å². The number of thiophene rings is 1. The van der Waals surface area contributed by atoms with Crippen molar-refractivity contribution in [1.29, 1.82) is 0 Å². The van der Waals surface area contributed by atoms with Gasteiger partial charge in [-0.1, -0.05) is 12.8 Å². The predicted octanol–water partition coefficient (Wildman–Crippen LogP) is 3.95. The summed E-state index contributed by atoms with van der Waals surface area (Å²) in [7, 11) is 0. The second-order valence-electron chi connectivity index (χ2n) is 4.14. The Morgan fingerprint density at radius 2 is 1.94 bits per heavy atom. The normalized spacial score (nSPS) is 16.4. The van der Waals surface area contributed by atoms with Crippen molar-refractivity contribution in [1.82, 2.24) is 5.43 Å². The van der Waals surface area contributed by atoms with Gasteiger partial charge >= 0.3 is 0 Å². The lowest BCUT2D eigenvalue weighted by atomic mass is 10.2. The predicted molar refractivity (Wildman–Crippen MR) is 74.6 cm³/mol. The molecule has 1 aliphatic carbocycles. The molecule has 0 aromatic carbocycles. The van der Waals surface area contributed by atoms with E-state index in [0.29, 0.717) is 4.88 Å². The molecule has 0 aliphatic heterocycles. The summed E-state index contributed by atoms with van der Waals surface area (Å²) < 4.78 is 0.963. The standard InChI is InChI=1S/C12H15BrN2OS/c13-11-8-7-10(17-11)12(16)15-14-9-5-3-1-2-4-6-9/h7-8H,1-6H2,(H,15,16). The smallest absolute Gasteiger partial charge is 0.266 e. The van der Waals surface area contributed by atoms with Gasteiger partial charge in [-0.3, -0.25) is 4.79 Å². The van der Waals surface area contributed by atoms with Gasteiger partial charge < -0.3 is 0 Å². The molecule has 0 saturated heterocycles. The number of amides is 1. The van der Waals surface area contributed by atoms with Crippen LogP contribution in [0.15, 0.2) is 21.0 Å². The monoisotopic (exact) mass is 314 g/mol. The van der Waals surface area contributed by atoms with E-state index in [4.69, 9.17) is 0 Å². The van der Waals surface area contributed by atoms with E-state index in [1.54, 1.807) is 6.07 Å². The minimum absolute atomic E-state index is 0.113. The average molecular weight is 315 g/mol.